The lowest BCUT2D eigenvalue weighted by Gasteiger charge is -2.49. The third kappa shape index (κ3) is 2.84. The molecule has 2 unspecified atom stereocenters. The Labute approximate surface area is 115 Å². The maximum absolute atomic E-state index is 5.18. The number of nitrogens with one attached hydrogen (secondary N) is 1. The van der Waals surface area contributed by atoms with Gasteiger partial charge in [0, 0.05) is 31.2 Å². The molecular formula is C15H25N3O. The Hall–Kier alpha value is -0.870. The Kier molecular flexibility index (Phi) is 3.89. The second-order valence-corrected chi connectivity index (χ2v) is 6.38. The molecule has 0 spiro atoms. The van der Waals surface area contributed by atoms with E-state index in [2.05, 4.69) is 29.2 Å². The molecule has 4 heteroatoms. The van der Waals surface area contributed by atoms with E-state index in [9.17, 15) is 0 Å². The van der Waals surface area contributed by atoms with Gasteiger partial charge < -0.3 is 14.7 Å². The van der Waals surface area contributed by atoms with Crippen LogP contribution < -0.4 is 5.32 Å². The van der Waals surface area contributed by atoms with Crippen molar-refractivity contribution in [2.24, 2.45) is 11.8 Å². The Morgan fingerprint density at radius 1 is 1.37 bits per heavy atom. The molecule has 2 aliphatic rings. The van der Waals surface area contributed by atoms with Crippen molar-refractivity contribution >= 4 is 0 Å². The van der Waals surface area contributed by atoms with Gasteiger partial charge in [-0.3, -0.25) is 0 Å². The molecule has 2 fully saturated rings. The van der Waals surface area contributed by atoms with E-state index in [0.29, 0.717) is 12.1 Å². The van der Waals surface area contributed by atoms with Crippen LogP contribution >= 0.6 is 0 Å². The van der Waals surface area contributed by atoms with Gasteiger partial charge in [-0.2, -0.15) is 0 Å². The summed E-state index contributed by atoms with van der Waals surface area (Å²) >= 11 is 0. The molecule has 1 aromatic rings. The zero-order valence-electron chi connectivity index (χ0n) is 12.0. The molecule has 106 valence electrons. The van der Waals surface area contributed by atoms with E-state index in [0.717, 1.165) is 24.1 Å². The van der Waals surface area contributed by atoms with Gasteiger partial charge >= 0.3 is 0 Å². The molecule has 4 nitrogen and oxygen atoms in total. The van der Waals surface area contributed by atoms with Gasteiger partial charge in [0.1, 0.15) is 5.76 Å². The lowest BCUT2D eigenvalue weighted by molar-refractivity contribution is 0.0281. The summed E-state index contributed by atoms with van der Waals surface area (Å²) in [5.74, 6) is 2.56. The van der Waals surface area contributed by atoms with Crippen molar-refractivity contribution in [2.45, 2.75) is 51.7 Å². The number of aromatic nitrogens is 1. The summed E-state index contributed by atoms with van der Waals surface area (Å²) in [6.45, 7) is 7.96. The number of hydrogen-bond donors (Lipinski definition) is 1. The maximum Gasteiger partial charge on any atom is 0.150 e. The highest BCUT2D eigenvalue weighted by Crippen LogP contribution is 2.35. The van der Waals surface area contributed by atoms with Gasteiger partial charge in [-0.05, 0) is 38.5 Å². The Balaban J connectivity index is 1.62. The van der Waals surface area contributed by atoms with E-state index in [1.165, 1.54) is 32.4 Å². The van der Waals surface area contributed by atoms with Crippen molar-refractivity contribution < 1.29 is 4.52 Å². The minimum Gasteiger partial charge on any atom is -0.360 e. The summed E-state index contributed by atoms with van der Waals surface area (Å²) < 4.78 is 5.18. The first-order chi connectivity index (χ1) is 9.24. The van der Waals surface area contributed by atoms with Gasteiger partial charge in [-0.25, -0.2) is 0 Å². The van der Waals surface area contributed by atoms with Crippen LogP contribution in [0.4, 0.5) is 0 Å². The molecule has 3 rings (SSSR count). The van der Waals surface area contributed by atoms with Crippen LogP contribution in [0.3, 0.4) is 0 Å². The number of nitrogens with zero attached hydrogens (tertiary/aromatic N) is 2. The highest BCUT2D eigenvalue weighted by atomic mass is 16.5. The third-order valence-corrected chi connectivity index (χ3v) is 4.84. The van der Waals surface area contributed by atoms with Crippen LogP contribution in [0.1, 0.15) is 38.9 Å². The molecule has 0 radical (unpaired) electrons. The van der Waals surface area contributed by atoms with Crippen LogP contribution in [0.25, 0.3) is 0 Å². The van der Waals surface area contributed by atoms with Crippen LogP contribution in [-0.4, -0.2) is 35.2 Å². The van der Waals surface area contributed by atoms with E-state index < -0.39 is 0 Å². The first kappa shape index (κ1) is 13.1. The first-order valence-electron chi connectivity index (χ1n) is 7.61. The molecule has 0 aromatic carbocycles. The fraction of sp³-hybridized carbons (Fsp3) is 0.800. The Bertz CT molecular complexity index is 376. The van der Waals surface area contributed by atoms with Gasteiger partial charge in [0.2, 0.25) is 0 Å². The van der Waals surface area contributed by atoms with Crippen LogP contribution in [-0.2, 0) is 6.54 Å². The molecule has 0 amide bonds. The fourth-order valence-electron chi connectivity index (χ4n) is 3.78. The highest BCUT2D eigenvalue weighted by molar-refractivity contribution is 4.98. The summed E-state index contributed by atoms with van der Waals surface area (Å²) in [7, 11) is 0. The zero-order chi connectivity index (χ0) is 13.2. The molecule has 2 atom stereocenters. The number of likely N-dealkylation sites (tertiary alicyclic amines) is 1. The maximum atomic E-state index is 5.18. The van der Waals surface area contributed by atoms with Crippen molar-refractivity contribution in [1.29, 1.82) is 0 Å². The quantitative estimate of drug-likeness (QED) is 0.905. The van der Waals surface area contributed by atoms with E-state index in [1.54, 1.807) is 6.20 Å². The number of piperidine rings is 1. The van der Waals surface area contributed by atoms with Gasteiger partial charge in [-0.15, -0.1) is 0 Å². The predicted molar refractivity (Wildman–Crippen MR) is 74.7 cm³/mol. The zero-order valence-corrected chi connectivity index (χ0v) is 12.0. The first-order valence-corrected chi connectivity index (χ1v) is 7.61. The van der Waals surface area contributed by atoms with E-state index >= 15 is 0 Å². The lowest BCUT2D eigenvalue weighted by Crippen LogP contribution is -2.58. The fourth-order valence-corrected chi connectivity index (χ4v) is 3.78. The normalized spacial score (nSPS) is 31.8. The van der Waals surface area contributed by atoms with Crippen molar-refractivity contribution in [3.8, 4) is 0 Å². The number of hydrogen-bond acceptors (Lipinski definition) is 4. The van der Waals surface area contributed by atoms with Crippen LogP contribution in [0, 0.1) is 11.8 Å². The largest absolute Gasteiger partial charge is 0.360 e. The molecule has 1 aliphatic carbocycles. The van der Waals surface area contributed by atoms with E-state index in [1.807, 2.05) is 6.07 Å². The van der Waals surface area contributed by atoms with Crippen molar-refractivity contribution in [2.75, 3.05) is 13.1 Å². The van der Waals surface area contributed by atoms with Crippen LogP contribution in [0.15, 0.2) is 16.8 Å². The average molecular weight is 263 g/mol. The SMILES string of the molecule is CC(C)N1CC2CCCC(C1)C2NCc1ccno1. The van der Waals surface area contributed by atoms with Crippen molar-refractivity contribution in [3.05, 3.63) is 18.0 Å². The molecule has 1 aliphatic heterocycles. The minimum absolute atomic E-state index is 0.661. The lowest BCUT2D eigenvalue weighted by atomic mass is 9.73. The average Bonchev–Trinajstić information content (AvgIpc) is 2.88. The van der Waals surface area contributed by atoms with Gasteiger partial charge in [0.05, 0.1) is 12.7 Å². The molecule has 2 heterocycles. The Morgan fingerprint density at radius 3 is 2.68 bits per heavy atom. The summed E-state index contributed by atoms with van der Waals surface area (Å²) in [5, 5.41) is 7.50. The van der Waals surface area contributed by atoms with E-state index in [-0.39, 0.29) is 0 Å². The van der Waals surface area contributed by atoms with Gasteiger partial charge in [-0.1, -0.05) is 11.6 Å². The minimum atomic E-state index is 0.661. The number of rotatable bonds is 4. The summed E-state index contributed by atoms with van der Waals surface area (Å²) in [4.78, 5) is 2.65. The van der Waals surface area contributed by atoms with Crippen molar-refractivity contribution in [1.82, 2.24) is 15.4 Å². The molecule has 2 bridgehead atoms. The highest BCUT2D eigenvalue weighted by Gasteiger charge is 2.39. The Morgan fingerprint density at radius 2 is 2.11 bits per heavy atom. The predicted octanol–water partition coefficient (Wildman–Crippen LogP) is 2.27. The summed E-state index contributed by atoms with van der Waals surface area (Å²) in [6.07, 6.45) is 5.86. The van der Waals surface area contributed by atoms with Gasteiger partial charge in [0.15, 0.2) is 0 Å². The molecule has 1 aromatic heterocycles. The monoisotopic (exact) mass is 263 g/mol. The molecule has 1 saturated heterocycles. The topological polar surface area (TPSA) is 41.3 Å². The standard InChI is InChI=1S/C15H25N3O/c1-11(2)18-9-12-4-3-5-13(10-18)15(12)16-8-14-6-7-17-19-14/h6-7,11-13,15-16H,3-5,8-10H2,1-2H3. The molecule has 1 N–H and O–H groups in total. The second-order valence-electron chi connectivity index (χ2n) is 6.38. The van der Waals surface area contributed by atoms with Crippen molar-refractivity contribution in [3.63, 3.8) is 0 Å². The smallest absolute Gasteiger partial charge is 0.150 e. The summed E-state index contributed by atoms with van der Waals surface area (Å²) in [5.41, 5.74) is 0. The molecular weight excluding hydrogens is 238 g/mol. The van der Waals surface area contributed by atoms with E-state index in [4.69, 9.17) is 4.52 Å². The molecule has 1 saturated carbocycles. The second kappa shape index (κ2) is 5.63. The van der Waals surface area contributed by atoms with Crippen LogP contribution in [0.2, 0.25) is 0 Å². The summed E-state index contributed by atoms with van der Waals surface area (Å²) in [6, 6.07) is 3.29. The van der Waals surface area contributed by atoms with Gasteiger partial charge in [0.25, 0.3) is 0 Å². The number of fused-ring (bicyclic) bond motifs is 2. The molecule has 19 heavy (non-hydrogen) atoms. The third-order valence-electron chi connectivity index (χ3n) is 4.84. The van der Waals surface area contributed by atoms with Crippen LogP contribution in [0.5, 0.6) is 0 Å².